The van der Waals surface area contributed by atoms with Crippen LogP contribution in [-0.4, -0.2) is 9.22 Å². The van der Waals surface area contributed by atoms with Crippen molar-refractivity contribution >= 4 is 22.6 Å². The van der Waals surface area contributed by atoms with E-state index in [9.17, 15) is 5.11 Å². The van der Waals surface area contributed by atoms with E-state index >= 15 is 0 Å². The van der Waals surface area contributed by atoms with Crippen molar-refractivity contribution in [1.82, 2.24) is 0 Å². The molecule has 0 aromatic carbocycles. The summed E-state index contributed by atoms with van der Waals surface area (Å²) in [5.74, 6) is 0.514. The van der Waals surface area contributed by atoms with Crippen molar-refractivity contribution in [2.45, 2.75) is 43.6 Å². The molecule has 0 aliphatic rings. The van der Waals surface area contributed by atoms with E-state index < -0.39 is 0 Å². The number of alkyl halides is 1. The van der Waals surface area contributed by atoms with Crippen LogP contribution < -0.4 is 0 Å². The third-order valence-electron chi connectivity index (χ3n) is 1.84. The lowest BCUT2D eigenvalue weighted by Gasteiger charge is -2.15. The molecule has 0 spiro atoms. The molecule has 0 radical (unpaired) electrons. The minimum absolute atomic E-state index is 0.144. The van der Waals surface area contributed by atoms with E-state index in [1.54, 1.807) is 0 Å². The Morgan fingerprint density at radius 3 is 2.30 bits per heavy atom. The number of rotatable bonds is 5. The van der Waals surface area contributed by atoms with Crippen LogP contribution in [0.5, 0.6) is 0 Å². The van der Waals surface area contributed by atoms with E-state index in [4.69, 9.17) is 0 Å². The van der Waals surface area contributed by atoms with Gasteiger partial charge in [0.15, 0.2) is 0 Å². The highest BCUT2D eigenvalue weighted by atomic mass is 127. The first-order chi connectivity index (χ1) is 4.72. The van der Waals surface area contributed by atoms with E-state index in [0.717, 1.165) is 6.42 Å². The normalized spacial score (nSPS) is 16.8. The van der Waals surface area contributed by atoms with Gasteiger partial charge in [0.25, 0.3) is 0 Å². The fourth-order valence-electron chi connectivity index (χ4n) is 1.00. The zero-order chi connectivity index (χ0) is 7.98. The molecular weight excluding hydrogens is 239 g/mol. The Morgan fingerprint density at radius 1 is 1.40 bits per heavy atom. The van der Waals surface area contributed by atoms with Crippen LogP contribution in [0.15, 0.2) is 0 Å². The molecule has 2 heteroatoms. The van der Waals surface area contributed by atoms with Gasteiger partial charge in [-0.25, -0.2) is 0 Å². The van der Waals surface area contributed by atoms with Crippen LogP contribution in [0.1, 0.15) is 39.5 Å². The van der Waals surface area contributed by atoms with Gasteiger partial charge in [0.2, 0.25) is 0 Å². The number of hydrogen-bond acceptors (Lipinski definition) is 1. The maximum absolute atomic E-state index is 9.23. The highest BCUT2D eigenvalue weighted by molar-refractivity contribution is 14.1. The standard InChI is InChI=1S/C8H17IO/c1-3-5-6-7(4-2)8(9)10/h7-8,10H,3-6H2,1-2H3. The number of aliphatic hydroxyl groups excluding tert-OH is 1. The van der Waals surface area contributed by atoms with Crippen LogP contribution in [0.4, 0.5) is 0 Å². The van der Waals surface area contributed by atoms with Gasteiger partial charge in [-0.3, -0.25) is 0 Å². The van der Waals surface area contributed by atoms with Crippen molar-refractivity contribution in [2.75, 3.05) is 0 Å². The Labute approximate surface area is 77.3 Å². The summed E-state index contributed by atoms with van der Waals surface area (Å²) in [6, 6.07) is 0. The van der Waals surface area contributed by atoms with Crippen molar-refractivity contribution in [2.24, 2.45) is 5.92 Å². The third kappa shape index (κ3) is 4.50. The summed E-state index contributed by atoms with van der Waals surface area (Å²) in [5.41, 5.74) is 0. The van der Waals surface area contributed by atoms with Crippen LogP contribution in [0.25, 0.3) is 0 Å². The number of halogens is 1. The van der Waals surface area contributed by atoms with Crippen molar-refractivity contribution in [1.29, 1.82) is 0 Å². The molecule has 0 heterocycles. The molecule has 2 atom stereocenters. The highest BCUT2D eigenvalue weighted by Crippen LogP contribution is 2.20. The Balaban J connectivity index is 3.40. The van der Waals surface area contributed by atoms with Crippen molar-refractivity contribution < 1.29 is 5.11 Å². The molecular formula is C8H17IO. The minimum Gasteiger partial charge on any atom is -0.382 e. The molecule has 0 aliphatic heterocycles. The van der Waals surface area contributed by atoms with E-state index in [2.05, 4.69) is 36.4 Å². The number of aliphatic hydroxyl groups is 1. The second kappa shape index (κ2) is 6.40. The Bertz CT molecular complexity index is 73.7. The quantitative estimate of drug-likeness (QED) is 0.592. The van der Waals surface area contributed by atoms with Gasteiger partial charge < -0.3 is 5.11 Å². The lowest BCUT2D eigenvalue weighted by molar-refractivity contribution is 0.194. The molecule has 0 saturated carbocycles. The van der Waals surface area contributed by atoms with Crippen LogP contribution in [0.2, 0.25) is 0 Å². The van der Waals surface area contributed by atoms with E-state index in [-0.39, 0.29) is 4.11 Å². The van der Waals surface area contributed by atoms with Gasteiger partial charge in [-0.1, -0.05) is 55.7 Å². The topological polar surface area (TPSA) is 20.2 Å². The van der Waals surface area contributed by atoms with E-state index in [1.807, 2.05) is 0 Å². The molecule has 0 aromatic heterocycles. The van der Waals surface area contributed by atoms with Gasteiger partial charge in [0.1, 0.15) is 4.11 Å². The van der Waals surface area contributed by atoms with Gasteiger partial charge in [-0.2, -0.15) is 0 Å². The maximum Gasteiger partial charge on any atom is 0.108 e. The van der Waals surface area contributed by atoms with Crippen molar-refractivity contribution in [3.8, 4) is 0 Å². The summed E-state index contributed by atoms with van der Waals surface area (Å²) in [4.78, 5) is 0. The first-order valence-electron chi connectivity index (χ1n) is 4.04. The third-order valence-corrected chi connectivity index (χ3v) is 2.86. The lowest BCUT2D eigenvalue weighted by Crippen LogP contribution is -2.12. The summed E-state index contributed by atoms with van der Waals surface area (Å²) >= 11 is 2.10. The first kappa shape index (κ1) is 10.7. The molecule has 1 nitrogen and oxygen atoms in total. The molecule has 10 heavy (non-hydrogen) atoms. The highest BCUT2D eigenvalue weighted by Gasteiger charge is 2.12. The number of unbranched alkanes of at least 4 members (excludes halogenated alkanes) is 1. The van der Waals surface area contributed by atoms with Crippen LogP contribution >= 0.6 is 22.6 Å². The maximum atomic E-state index is 9.23. The van der Waals surface area contributed by atoms with E-state index in [1.165, 1.54) is 19.3 Å². The lowest BCUT2D eigenvalue weighted by atomic mass is 10.0. The number of hydrogen-bond donors (Lipinski definition) is 1. The monoisotopic (exact) mass is 256 g/mol. The first-order valence-corrected chi connectivity index (χ1v) is 5.29. The molecule has 0 rings (SSSR count). The zero-order valence-corrected chi connectivity index (χ0v) is 8.97. The average Bonchev–Trinajstić information content (AvgIpc) is 1.89. The summed E-state index contributed by atoms with van der Waals surface area (Å²) in [6.45, 7) is 4.33. The van der Waals surface area contributed by atoms with Gasteiger partial charge in [0, 0.05) is 0 Å². The van der Waals surface area contributed by atoms with Crippen LogP contribution in [0, 0.1) is 5.92 Å². The van der Waals surface area contributed by atoms with E-state index in [0.29, 0.717) is 5.92 Å². The fourth-order valence-corrected chi connectivity index (χ4v) is 1.87. The van der Waals surface area contributed by atoms with Crippen LogP contribution in [0.3, 0.4) is 0 Å². The zero-order valence-electron chi connectivity index (χ0n) is 6.81. The summed E-state index contributed by atoms with van der Waals surface area (Å²) in [6.07, 6.45) is 4.76. The van der Waals surface area contributed by atoms with Gasteiger partial charge >= 0.3 is 0 Å². The van der Waals surface area contributed by atoms with Crippen molar-refractivity contribution in [3.63, 3.8) is 0 Å². The molecule has 0 aliphatic carbocycles. The van der Waals surface area contributed by atoms with Crippen LogP contribution in [-0.2, 0) is 0 Å². The molecule has 62 valence electrons. The fraction of sp³-hybridized carbons (Fsp3) is 1.00. The second-order valence-corrected chi connectivity index (χ2v) is 3.96. The molecule has 0 bridgehead atoms. The molecule has 0 fully saturated rings. The molecule has 0 aromatic rings. The van der Waals surface area contributed by atoms with Crippen molar-refractivity contribution in [3.05, 3.63) is 0 Å². The Hall–Kier alpha value is 0.690. The van der Waals surface area contributed by atoms with Gasteiger partial charge in [0.05, 0.1) is 0 Å². The minimum atomic E-state index is -0.144. The SMILES string of the molecule is CCCCC(CC)C(O)I. The predicted molar refractivity (Wildman–Crippen MR) is 53.3 cm³/mol. The summed E-state index contributed by atoms with van der Waals surface area (Å²) < 4.78 is -0.144. The van der Waals surface area contributed by atoms with Gasteiger partial charge in [-0.15, -0.1) is 0 Å². The molecule has 0 amide bonds. The molecule has 2 unspecified atom stereocenters. The average molecular weight is 256 g/mol. The largest absolute Gasteiger partial charge is 0.382 e. The Kier molecular flexibility index (Phi) is 6.85. The predicted octanol–water partition coefficient (Wildman–Crippen LogP) is 2.96. The summed E-state index contributed by atoms with van der Waals surface area (Å²) in [7, 11) is 0. The smallest absolute Gasteiger partial charge is 0.108 e. The second-order valence-electron chi connectivity index (χ2n) is 2.68. The van der Waals surface area contributed by atoms with Gasteiger partial charge in [-0.05, 0) is 12.3 Å². The Morgan fingerprint density at radius 2 is 2.00 bits per heavy atom. The summed E-state index contributed by atoms with van der Waals surface area (Å²) in [5, 5.41) is 9.23. The molecule has 0 saturated heterocycles. The molecule has 1 N–H and O–H groups in total.